The van der Waals surface area contributed by atoms with Crippen molar-refractivity contribution in [2.75, 3.05) is 7.11 Å². The molecule has 2 aromatic carbocycles. The third kappa shape index (κ3) is 2.95. The number of benzene rings is 2. The van der Waals surface area contributed by atoms with E-state index in [-0.39, 0.29) is 0 Å². The molecule has 0 spiro atoms. The fourth-order valence-electron chi connectivity index (χ4n) is 6.36. The lowest BCUT2D eigenvalue weighted by molar-refractivity contribution is 0.0990. The highest BCUT2D eigenvalue weighted by Crippen LogP contribution is 2.48. The predicted octanol–water partition coefficient (Wildman–Crippen LogP) is 5.37. The first kappa shape index (κ1) is 19.4. The SMILES string of the molecule is COc1cccc2c1CC(N1C3CCC1c1c(nc(-c4ccccc4Cl)n1C)C3)CC2. The van der Waals surface area contributed by atoms with Gasteiger partial charge in [0.2, 0.25) is 0 Å². The summed E-state index contributed by atoms with van der Waals surface area (Å²) in [4.78, 5) is 7.93. The number of hydrogen-bond acceptors (Lipinski definition) is 3. The van der Waals surface area contributed by atoms with E-state index < -0.39 is 0 Å². The first-order chi connectivity index (χ1) is 15.2. The van der Waals surface area contributed by atoms with Crippen LogP contribution in [0.25, 0.3) is 11.4 Å². The van der Waals surface area contributed by atoms with E-state index in [9.17, 15) is 0 Å². The number of ether oxygens (including phenoxy) is 1. The van der Waals surface area contributed by atoms with Crippen molar-refractivity contribution < 1.29 is 4.74 Å². The molecule has 3 aromatic rings. The minimum atomic E-state index is 0.448. The average molecular weight is 434 g/mol. The van der Waals surface area contributed by atoms with Gasteiger partial charge >= 0.3 is 0 Å². The Morgan fingerprint density at radius 2 is 1.84 bits per heavy atom. The lowest BCUT2D eigenvalue weighted by Gasteiger charge is -2.42. The van der Waals surface area contributed by atoms with E-state index in [4.69, 9.17) is 21.3 Å². The van der Waals surface area contributed by atoms with Crippen LogP contribution in [0.2, 0.25) is 5.02 Å². The summed E-state index contributed by atoms with van der Waals surface area (Å²) in [6, 6.07) is 16.2. The Labute approximate surface area is 188 Å². The van der Waals surface area contributed by atoms with Gasteiger partial charge in [-0.05, 0) is 61.4 Å². The summed E-state index contributed by atoms with van der Waals surface area (Å²) in [6.07, 6.45) is 6.95. The summed E-state index contributed by atoms with van der Waals surface area (Å²) >= 11 is 6.52. The van der Waals surface area contributed by atoms with E-state index in [0.717, 1.165) is 41.4 Å². The van der Waals surface area contributed by atoms with Gasteiger partial charge in [0.15, 0.2) is 0 Å². The summed E-state index contributed by atoms with van der Waals surface area (Å²) in [5, 5.41) is 0.769. The van der Waals surface area contributed by atoms with Crippen molar-refractivity contribution in [2.24, 2.45) is 7.05 Å². The van der Waals surface area contributed by atoms with E-state index in [1.165, 1.54) is 41.8 Å². The minimum Gasteiger partial charge on any atom is -0.496 e. The van der Waals surface area contributed by atoms with E-state index in [1.54, 1.807) is 7.11 Å². The molecule has 2 aliphatic heterocycles. The highest BCUT2D eigenvalue weighted by Gasteiger charge is 2.46. The fourth-order valence-corrected chi connectivity index (χ4v) is 6.58. The molecular formula is C26H28ClN3O. The third-order valence-corrected chi connectivity index (χ3v) is 8.02. The van der Waals surface area contributed by atoms with Crippen molar-refractivity contribution in [1.82, 2.24) is 14.5 Å². The van der Waals surface area contributed by atoms with Gasteiger partial charge in [-0.3, -0.25) is 4.90 Å². The number of aryl methyl sites for hydroxylation is 1. The molecule has 3 aliphatic rings. The number of halogens is 1. The molecule has 0 N–H and O–H groups in total. The lowest BCUT2D eigenvalue weighted by atomic mass is 9.85. The van der Waals surface area contributed by atoms with Crippen LogP contribution < -0.4 is 4.74 Å². The van der Waals surface area contributed by atoms with Crippen molar-refractivity contribution in [3.63, 3.8) is 0 Å². The van der Waals surface area contributed by atoms with Crippen LogP contribution in [0.15, 0.2) is 42.5 Å². The molecule has 160 valence electrons. The predicted molar refractivity (Wildman–Crippen MR) is 124 cm³/mol. The van der Waals surface area contributed by atoms with Crippen molar-refractivity contribution in [3.8, 4) is 17.1 Å². The number of imidazole rings is 1. The minimum absolute atomic E-state index is 0.448. The Morgan fingerprint density at radius 1 is 1.00 bits per heavy atom. The van der Waals surface area contributed by atoms with E-state index in [0.29, 0.717) is 18.1 Å². The van der Waals surface area contributed by atoms with Crippen molar-refractivity contribution >= 4 is 11.6 Å². The molecule has 3 unspecified atom stereocenters. The molecule has 1 fully saturated rings. The quantitative estimate of drug-likeness (QED) is 0.556. The third-order valence-electron chi connectivity index (χ3n) is 7.69. The van der Waals surface area contributed by atoms with Gasteiger partial charge in [0.25, 0.3) is 0 Å². The Balaban J connectivity index is 1.36. The van der Waals surface area contributed by atoms with Gasteiger partial charge in [0.1, 0.15) is 11.6 Å². The molecule has 6 rings (SSSR count). The summed E-state index contributed by atoms with van der Waals surface area (Å²) in [6.45, 7) is 0. The second-order valence-corrected chi connectivity index (χ2v) is 9.61. The van der Waals surface area contributed by atoms with Gasteiger partial charge < -0.3 is 9.30 Å². The topological polar surface area (TPSA) is 30.3 Å². The number of fused-ring (bicyclic) bond motifs is 5. The Kier molecular flexibility index (Phi) is 4.62. The van der Waals surface area contributed by atoms with Crippen LogP contribution in [0.1, 0.15) is 47.8 Å². The van der Waals surface area contributed by atoms with Gasteiger partial charge in [0.05, 0.1) is 29.6 Å². The maximum atomic E-state index is 6.52. The molecule has 0 amide bonds. The summed E-state index contributed by atoms with van der Waals surface area (Å²) in [7, 11) is 3.96. The van der Waals surface area contributed by atoms with Crippen LogP contribution in [0.3, 0.4) is 0 Å². The number of rotatable bonds is 3. The van der Waals surface area contributed by atoms with Crippen LogP contribution >= 0.6 is 11.6 Å². The second kappa shape index (κ2) is 7.39. The van der Waals surface area contributed by atoms with E-state index >= 15 is 0 Å². The van der Waals surface area contributed by atoms with Crippen molar-refractivity contribution in [2.45, 2.75) is 56.7 Å². The Bertz CT molecular complexity index is 1140. The standard InChI is InChI=1S/C26H28ClN3O/c1-29-25-22(28-26(29)19-7-3-4-8-21(19)27)15-18-12-13-23(25)30(18)17-11-10-16-6-5-9-24(31-2)20(16)14-17/h3-9,17-18,23H,10-15H2,1-2H3. The van der Waals surface area contributed by atoms with Crippen molar-refractivity contribution in [3.05, 3.63) is 70.0 Å². The van der Waals surface area contributed by atoms with Crippen LogP contribution in [0, 0.1) is 0 Å². The van der Waals surface area contributed by atoms with E-state index in [1.807, 2.05) is 18.2 Å². The highest BCUT2D eigenvalue weighted by molar-refractivity contribution is 6.33. The Hall–Kier alpha value is -2.30. The number of methoxy groups -OCH3 is 1. The monoisotopic (exact) mass is 433 g/mol. The number of hydrogen-bond donors (Lipinski definition) is 0. The summed E-state index contributed by atoms with van der Waals surface area (Å²) in [5.41, 5.74) is 6.57. The smallest absolute Gasteiger partial charge is 0.141 e. The highest BCUT2D eigenvalue weighted by atomic mass is 35.5. The summed E-state index contributed by atoms with van der Waals surface area (Å²) in [5.74, 6) is 2.05. The molecule has 31 heavy (non-hydrogen) atoms. The zero-order valence-corrected chi connectivity index (χ0v) is 18.9. The molecule has 1 aromatic heterocycles. The van der Waals surface area contributed by atoms with Crippen LogP contribution in [0.5, 0.6) is 5.75 Å². The van der Waals surface area contributed by atoms with Gasteiger partial charge in [0, 0.05) is 31.1 Å². The number of aromatic nitrogens is 2. The largest absolute Gasteiger partial charge is 0.496 e. The van der Waals surface area contributed by atoms with Crippen LogP contribution in [-0.2, 0) is 26.3 Å². The van der Waals surface area contributed by atoms with Gasteiger partial charge in [-0.1, -0.05) is 35.9 Å². The number of nitrogens with zero attached hydrogens (tertiary/aromatic N) is 3. The Morgan fingerprint density at radius 3 is 2.68 bits per heavy atom. The van der Waals surface area contributed by atoms with Gasteiger partial charge in [-0.15, -0.1) is 0 Å². The fraction of sp³-hybridized carbons (Fsp3) is 0.423. The summed E-state index contributed by atoms with van der Waals surface area (Å²) < 4.78 is 8.02. The molecule has 1 saturated heterocycles. The van der Waals surface area contributed by atoms with Gasteiger partial charge in [-0.25, -0.2) is 4.98 Å². The maximum Gasteiger partial charge on any atom is 0.141 e. The zero-order chi connectivity index (χ0) is 21.1. The molecule has 3 atom stereocenters. The molecule has 4 nitrogen and oxygen atoms in total. The van der Waals surface area contributed by atoms with Gasteiger partial charge in [-0.2, -0.15) is 0 Å². The van der Waals surface area contributed by atoms with Crippen LogP contribution in [0.4, 0.5) is 0 Å². The molecule has 2 bridgehead atoms. The zero-order valence-electron chi connectivity index (χ0n) is 18.1. The normalized spacial score (nSPS) is 24.7. The molecule has 1 aliphatic carbocycles. The molecule has 0 radical (unpaired) electrons. The first-order valence-electron chi connectivity index (χ1n) is 11.4. The van der Waals surface area contributed by atoms with Crippen LogP contribution in [-0.4, -0.2) is 33.6 Å². The molecular weight excluding hydrogens is 406 g/mol. The second-order valence-electron chi connectivity index (χ2n) is 9.20. The maximum absolute atomic E-state index is 6.52. The van der Waals surface area contributed by atoms with E-state index in [2.05, 4.69) is 40.8 Å². The molecule has 5 heteroatoms. The average Bonchev–Trinajstić information content (AvgIpc) is 3.28. The molecule has 3 heterocycles. The lowest BCUT2D eigenvalue weighted by Crippen LogP contribution is -2.47. The molecule has 0 saturated carbocycles. The van der Waals surface area contributed by atoms with Crippen molar-refractivity contribution in [1.29, 1.82) is 0 Å². The first-order valence-corrected chi connectivity index (χ1v) is 11.8.